The highest BCUT2D eigenvalue weighted by Gasteiger charge is 1.91. The SMILES string of the molecule is COC(=O)/C=C\COCc1ccccc1. The highest BCUT2D eigenvalue weighted by atomic mass is 16.5. The number of esters is 1. The fourth-order valence-electron chi connectivity index (χ4n) is 1.03. The third kappa shape index (κ3) is 4.98. The molecule has 0 spiro atoms. The van der Waals surface area contributed by atoms with Crippen molar-refractivity contribution in [3.05, 3.63) is 48.0 Å². The van der Waals surface area contributed by atoms with Gasteiger partial charge >= 0.3 is 5.97 Å². The number of ether oxygens (including phenoxy) is 2. The predicted octanol–water partition coefficient (Wildman–Crippen LogP) is 1.93. The molecular weight excluding hydrogens is 192 g/mol. The summed E-state index contributed by atoms with van der Waals surface area (Å²) in [5.74, 6) is -0.363. The minimum Gasteiger partial charge on any atom is -0.466 e. The van der Waals surface area contributed by atoms with Gasteiger partial charge in [-0.3, -0.25) is 0 Å². The second-order valence-corrected chi connectivity index (χ2v) is 2.93. The van der Waals surface area contributed by atoms with Crippen LogP contribution < -0.4 is 0 Å². The van der Waals surface area contributed by atoms with Gasteiger partial charge in [0.05, 0.1) is 20.3 Å². The van der Waals surface area contributed by atoms with Gasteiger partial charge in [-0.25, -0.2) is 4.79 Å². The van der Waals surface area contributed by atoms with E-state index in [1.54, 1.807) is 6.08 Å². The standard InChI is InChI=1S/C12H14O3/c1-14-12(13)8-5-9-15-10-11-6-3-2-4-7-11/h2-8H,9-10H2,1H3/b8-5-. The molecule has 0 amide bonds. The summed E-state index contributed by atoms with van der Waals surface area (Å²) in [4.78, 5) is 10.7. The van der Waals surface area contributed by atoms with Gasteiger partial charge in [0.25, 0.3) is 0 Å². The molecular formula is C12H14O3. The molecule has 0 radical (unpaired) electrons. The van der Waals surface area contributed by atoms with Gasteiger partial charge in [-0.2, -0.15) is 0 Å². The van der Waals surface area contributed by atoms with Gasteiger partial charge in [0, 0.05) is 6.08 Å². The smallest absolute Gasteiger partial charge is 0.330 e. The summed E-state index contributed by atoms with van der Waals surface area (Å²) < 4.78 is 9.75. The van der Waals surface area contributed by atoms with Crippen LogP contribution in [0.3, 0.4) is 0 Å². The van der Waals surface area contributed by atoms with Gasteiger partial charge in [-0.15, -0.1) is 0 Å². The van der Waals surface area contributed by atoms with Crippen LogP contribution in [0.25, 0.3) is 0 Å². The van der Waals surface area contributed by atoms with Crippen molar-refractivity contribution >= 4 is 5.97 Å². The molecule has 0 saturated carbocycles. The summed E-state index contributed by atoms with van der Waals surface area (Å²) in [6, 6.07) is 9.86. The Kier molecular flexibility index (Phi) is 5.19. The van der Waals surface area contributed by atoms with E-state index in [0.717, 1.165) is 5.56 Å². The molecule has 1 rings (SSSR count). The van der Waals surface area contributed by atoms with Crippen molar-refractivity contribution in [2.45, 2.75) is 6.61 Å². The maximum atomic E-state index is 10.7. The Morgan fingerprint density at radius 1 is 1.33 bits per heavy atom. The molecule has 3 nitrogen and oxygen atoms in total. The first-order chi connectivity index (χ1) is 7.33. The normalized spacial score (nSPS) is 10.5. The van der Waals surface area contributed by atoms with Gasteiger partial charge in [0.2, 0.25) is 0 Å². The minimum absolute atomic E-state index is 0.363. The monoisotopic (exact) mass is 206 g/mol. The Morgan fingerprint density at radius 3 is 2.73 bits per heavy atom. The van der Waals surface area contributed by atoms with E-state index < -0.39 is 0 Å². The second-order valence-electron chi connectivity index (χ2n) is 2.93. The molecule has 0 N–H and O–H groups in total. The van der Waals surface area contributed by atoms with Crippen molar-refractivity contribution in [1.29, 1.82) is 0 Å². The zero-order valence-corrected chi connectivity index (χ0v) is 8.68. The van der Waals surface area contributed by atoms with Gasteiger partial charge in [-0.1, -0.05) is 36.4 Å². The van der Waals surface area contributed by atoms with Crippen LogP contribution in [-0.2, 0) is 20.9 Å². The van der Waals surface area contributed by atoms with E-state index in [-0.39, 0.29) is 5.97 Å². The van der Waals surface area contributed by atoms with Crippen LogP contribution in [0.4, 0.5) is 0 Å². The average molecular weight is 206 g/mol. The summed E-state index contributed by atoms with van der Waals surface area (Å²) >= 11 is 0. The molecule has 1 aromatic rings. The lowest BCUT2D eigenvalue weighted by atomic mass is 10.2. The predicted molar refractivity (Wildman–Crippen MR) is 57.3 cm³/mol. The molecule has 0 aliphatic rings. The zero-order valence-electron chi connectivity index (χ0n) is 8.68. The lowest BCUT2D eigenvalue weighted by molar-refractivity contribution is -0.134. The van der Waals surface area contributed by atoms with Crippen LogP contribution in [-0.4, -0.2) is 19.7 Å². The topological polar surface area (TPSA) is 35.5 Å². The first-order valence-electron chi connectivity index (χ1n) is 4.69. The number of carbonyl (C=O) groups excluding carboxylic acids is 1. The molecule has 0 heterocycles. The minimum atomic E-state index is -0.363. The number of hydrogen-bond donors (Lipinski definition) is 0. The molecule has 0 aliphatic heterocycles. The lowest BCUT2D eigenvalue weighted by Crippen LogP contribution is -1.96. The molecule has 3 heteroatoms. The van der Waals surface area contributed by atoms with Crippen LogP contribution in [0.2, 0.25) is 0 Å². The van der Waals surface area contributed by atoms with Crippen molar-refractivity contribution in [1.82, 2.24) is 0 Å². The van der Waals surface area contributed by atoms with Gasteiger partial charge in [0.1, 0.15) is 0 Å². The maximum Gasteiger partial charge on any atom is 0.330 e. The molecule has 0 aliphatic carbocycles. The molecule has 0 unspecified atom stereocenters. The summed E-state index contributed by atoms with van der Waals surface area (Å²) in [5, 5.41) is 0. The Hall–Kier alpha value is -1.61. The van der Waals surface area contributed by atoms with Gasteiger partial charge in [-0.05, 0) is 5.56 Å². The average Bonchev–Trinajstić information content (AvgIpc) is 2.29. The van der Waals surface area contributed by atoms with E-state index in [2.05, 4.69) is 4.74 Å². The number of rotatable bonds is 5. The number of carbonyl (C=O) groups is 1. The summed E-state index contributed by atoms with van der Waals surface area (Å²) in [5.41, 5.74) is 1.11. The van der Waals surface area contributed by atoms with Crippen LogP contribution in [0.5, 0.6) is 0 Å². The molecule has 0 saturated heterocycles. The first-order valence-corrected chi connectivity index (χ1v) is 4.69. The summed E-state index contributed by atoms with van der Waals surface area (Å²) in [6.45, 7) is 0.955. The van der Waals surface area contributed by atoms with E-state index in [1.807, 2.05) is 30.3 Å². The Balaban J connectivity index is 2.17. The van der Waals surface area contributed by atoms with Gasteiger partial charge in [0.15, 0.2) is 0 Å². The molecule has 0 atom stereocenters. The van der Waals surface area contributed by atoms with Gasteiger partial charge < -0.3 is 9.47 Å². The largest absolute Gasteiger partial charge is 0.466 e. The van der Waals surface area contributed by atoms with E-state index in [4.69, 9.17) is 4.74 Å². The highest BCUT2D eigenvalue weighted by Crippen LogP contribution is 1.99. The van der Waals surface area contributed by atoms with Crippen LogP contribution >= 0.6 is 0 Å². The van der Waals surface area contributed by atoms with E-state index in [9.17, 15) is 4.79 Å². The molecule has 15 heavy (non-hydrogen) atoms. The van der Waals surface area contributed by atoms with E-state index in [0.29, 0.717) is 13.2 Å². The third-order valence-electron chi connectivity index (χ3n) is 1.78. The molecule has 0 bridgehead atoms. The molecule has 0 aromatic heterocycles. The third-order valence-corrected chi connectivity index (χ3v) is 1.78. The quantitative estimate of drug-likeness (QED) is 0.419. The molecule has 0 fully saturated rings. The fourth-order valence-corrected chi connectivity index (χ4v) is 1.03. The van der Waals surface area contributed by atoms with Crippen molar-refractivity contribution in [2.24, 2.45) is 0 Å². The van der Waals surface area contributed by atoms with Crippen LogP contribution in [0.15, 0.2) is 42.5 Å². The van der Waals surface area contributed by atoms with Crippen molar-refractivity contribution in [3.63, 3.8) is 0 Å². The highest BCUT2D eigenvalue weighted by molar-refractivity contribution is 5.81. The van der Waals surface area contributed by atoms with E-state index >= 15 is 0 Å². The number of benzene rings is 1. The zero-order chi connectivity index (χ0) is 10.9. The Bertz CT molecular complexity index is 317. The fraction of sp³-hybridized carbons (Fsp3) is 0.250. The van der Waals surface area contributed by atoms with E-state index in [1.165, 1.54) is 13.2 Å². The summed E-state index contributed by atoms with van der Waals surface area (Å²) in [7, 11) is 1.34. The van der Waals surface area contributed by atoms with Crippen LogP contribution in [0, 0.1) is 0 Å². The van der Waals surface area contributed by atoms with Crippen molar-refractivity contribution in [3.8, 4) is 0 Å². The summed E-state index contributed by atoms with van der Waals surface area (Å²) in [6.07, 6.45) is 2.99. The lowest BCUT2D eigenvalue weighted by Gasteiger charge is -2.00. The molecule has 1 aromatic carbocycles. The number of hydrogen-bond acceptors (Lipinski definition) is 3. The van der Waals surface area contributed by atoms with Crippen molar-refractivity contribution < 1.29 is 14.3 Å². The first kappa shape index (κ1) is 11.5. The Labute approximate surface area is 89.3 Å². The maximum absolute atomic E-state index is 10.7. The van der Waals surface area contributed by atoms with Crippen molar-refractivity contribution in [2.75, 3.05) is 13.7 Å². The van der Waals surface area contributed by atoms with Crippen LogP contribution in [0.1, 0.15) is 5.56 Å². The number of methoxy groups -OCH3 is 1. The molecule has 80 valence electrons. The second kappa shape index (κ2) is 6.79. The Morgan fingerprint density at radius 2 is 2.07 bits per heavy atom.